The summed E-state index contributed by atoms with van der Waals surface area (Å²) in [5.74, 6) is 1.50. The maximum Gasteiger partial charge on any atom is 0.416 e. The van der Waals surface area contributed by atoms with E-state index in [1.807, 2.05) is 0 Å². The summed E-state index contributed by atoms with van der Waals surface area (Å²) in [5, 5.41) is -0.256. The van der Waals surface area contributed by atoms with Gasteiger partial charge in [0.2, 0.25) is 0 Å². The van der Waals surface area contributed by atoms with Crippen molar-refractivity contribution in [2.75, 3.05) is 7.11 Å². The van der Waals surface area contributed by atoms with Crippen molar-refractivity contribution in [3.8, 4) is 23.6 Å². The van der Waals surface area contributed by atoms with Crippen LogP contribution in [0, 0.1) is 12.3 Å². The smallest absolute Gasteiger partial charge is 0.416 e. The SMILES string of the molecule is C#Cc1cc(Cl)c(C(=O)OC)nc1-c1ccc(C(F)(F)F)cc1Cl. The third kappa shape index (κ3) is 3.48. The number of ether oxygens (including phenoxy) is 1. The molecule has 0 amide bonds. The molecule has 1 aromatic carbocycles. The summed E-state index contributed by atoms with van der Waals surface area (Å²) in [6.45, 7) is 0. The Hall–Kier alpha value is -2.23. The number of benzene rings is 1. The zero-order valence-electron chi connectivity index (χ0n) is 12.0. The average Bonchev–Trinajstić information content (AvgIpc) is 2.53. The van der Waals surface area contributed by atoms with Crippen molar-refractivity contribution in [2.24, 2.45) is 0 Å². The fourth-order valence-corrected chi connectivity index (χ4v) is 2.43. The van der Waals surface area contributed by atoms with Crippen LogP contribution < -0.4 is 0 Å². The summed E-state index contributed by atoms with van der Waals surface area (Å²) in [6.07, 6.45) is 0.837. The van der Waals surface area contributed by atoms with Gasteiger partial charge in [-0.3, -0.25) is 0 Å². The van der Waals surface area contributed by atoms with Crippen LogP contribution in [0.4, 0.5) is 13.2 Å². The molecule has 0 atom stereocenters. The maximum atomic E-state index is 12.7. The fraction of sp³-hybridized carbons (Fsp3) is 0.125. The number of pyridine rings is 1. The predicted octanol–water partition coefficient (Wildman–Crippen LogP) is 4.84. The first kappa shape index (κ1) is 18.1. The third-order valence-electron chi connectivity index (χ3n) is 3.06. The van der Waals surface area contributed by atoms with Crippen LogP contribution in [0.1, 0.15) is 21.6 Å². The Bertz CT molecular complexity index is 858. The minimum Gasteiger partial charge on any atom is -0.464 e. The first-order valence-corrected chi connectivity index (χ1v) is 7.07. The van der Waals surface area contributed by atoms with Crippen LogP contribution in [0.5, 0.6) is 0 Å². The number of halogens is 5. The molecule has 0 aliphatic heterocycles. The first-order chi connectivity index (χ1) is 11.2. The number of carbonyl (C=O) groups excluding carboxylic acids is 1. The van der Waals surface area contributed by atoms with Gasteiger partial charge >= 0.3 is 12.1 Å². The Morgan fingerprint density at radius 2 is 1.92 bits per heavy atom. The summed E-state index contributed by atoms with van der Waals surface area (Å²) in [6, 6.07) is 4.02. The zero-order chi connectivity index (χ0) is 18.1. The van der Waals surface area contributed by atoms with E-state index in [0.29, 0.717) is 0 Å². The molecule has 0 aliphatic rings. The van der Waals surface area contributed by atoms with E-state index in [1.54, 1.807) is 0 Å². The van der Waals surface area contributed by atoms with Crippen molar-refractivity contribution < 1.29 is 22.7 Å². The molecule has 24 heavy (non-hydrogen) atoms. The molecule has 0 radical (unpaired) electrons. The number of nitrogens with zero attached hydrogens (tertiary/aromatic N) is 1. The number of terminal acetylenes is 1. The molecule has 0 saturated carbocycles. The Labute approximate surface area is 145 Å². The lowest BCUT2D eigenvalue weighted by Crippen LogP contribution is -2.08. The number of carbonyl (C=O) groups is 1. The van der Waals surface area contributed by atoms with Crippen LogP contribution in [0.25, 0.3) is 11.3 Å². The summed E-state index contributed by atoms with van der Waals surface area (Å²) < 4.78 is 42.7. The molecule has 1 aromatic heterocycles. The van der Waals surface area contributed by atoms with Gasteiger partial charge in [-0.15, -0.1) is 6.42 Å². The Kier molecular flexibility index (Phi) is 5.07. The molecule has 3 nitrogen and oxygen atoms in total. The number of aromatic nitrogens is 1. The van der Waals surface area contributed by atoms with Crippen molar-refractivity contribution in [3.05, 3.63) is 51.1 Å². The predicted molar refractivity (Wildman–Crippen MR) is 84.0 cm³/mol. The molecule has 0 N–H and O–H groups in total. The number of rotatable bonds is 2. The van der Waals surface area contributed by atoms with Crippen LogP contribution >= 0.6 is 23.2 Å². The van der Waals surface area contributed by atoms with Crippen LogP contribution in [-0.4, -0.2) is 18.1 Å². The van der Waals surface area contributed by atoms with Gasteiger partial charge in [-0.1, -0.05) is 35.2 Å². The second kappa shape index (κ2) is 6.71. The van der Waals surface area contributed by atoms with E-state index in [-0.39, 0.29) is 32.6 Å². The second-order valence-electron chi connectivity index (χ2n) is 4.54. The number of hydrogen-bond acceptors (Lipinski definition) is 3. The molecule has 0 fully saturated rings. The highest BCUT2D eigenvalue weighted by Gasteiger charge is 2.31. The summed E-state index contributed by atoms with van der Waals surface area (Å²) in [7, 11) is 1.14. The lowest BCUT2D eigenvalue weighted by Gasteiger charge is -2.12. The normalized spacial score (nSPS) is 11.0. The largest absolute Gasteiger partial charge is 0.464 e. The van der Waals surface area contributed by atoms with E-state index < -0.39 is 17.7 Å². The highest BCUT2D eigenvalue weighted by molar-refractivity contribution is 6.34. The van der Waals surface area contributed by atoms with Gasteiger partial charge in [0.15, 0.2) is 5.69 Å². The molecule has 2 aromatic rings. The van der Waals surface area contributed by atoms with Crippen molar-refractivity contribution >= 4 is 29.2 Å². The number of alkyl halides is 3. The highest BCUT2D eigenvalue weighted by atomic mass is 35.5. The average molecular weight is 374 g/mol. The molecule has 0 unspecified atom stereocenters. The molecule has 0 spiro atoms. The maximum absolute atomic E-state index is 12.7. The highest BCUT2D eigenvalue weighted by Crippen LogP contribution is 2.36. The van der Waals surface area contributed by atoms with Crippen LogP contribution in [-0.2, 0) is 10.9 Å². The number of methoxy groups -OCH3 is 1. The van der Waals surface area contributed by atoms with E-state index >= 15 is 0 Å². The minimum absolute atomic E-state index is 0.0402. The van der Waals surface area contributed by atoms with Gasteiger partial charge in [0.05, 0.1) is 34.0 Å². The van der Waals surface area contributed by atoms with Gasteiger partial charge < -0.3 is 4.74 Å². The first-order valence-electron chi connectivity index (χ1n) is 6.31. The topological polar surface area (TPSA) is 39.2 Å². The van der Waals surface area contributed by atoms with Gasteiger partial charge in [-0.2, -0.15) is 13.2 Å². The quantitative estimate of drug-likeness (QED) is 0.558. The van der Waals surface area contributed by atoms with Gasteiger partial charge in [0.25, 0.3) is 0 Å². The second-order valence-corrected chi connectivity index (χ2v) is 5.36. The molecular weight excluding hydrogens is 366 g/mol. The lowest BCUT2D eigenvalue weighted by atomic mass is 10.0. The van der Waals surface area contributed by atoms with E-state index in [2.05, 4.69) is 15.6 Å². The molecule has 0 saturated heterocycles. The standard InChI is InChI=1S/C16H8Cl2F3NO2/c1-3-8-6-12(18)14(15(23)24-2)22-13(8)10-5-4-9(7-11(10)17)16(19,20)21/h1,4-7H,2H3. The Morgan fingerprint density at radius 3 is 2.42 bits per heavy atom. The lowest BCUT2D eigenvalue weighted by molar-refractivity contribution is -0.137. The summed E-state index contributed by atoms with van der Waals surface area (Å²) >= 11 is 11.9. The van der Waals surface area contributed by atoms with E-state index in [1.165, 1.54) is 6.07 Å². The molecule has 1 heterocycles. The van der Waals surface area contributed by atoms with Gasteiger partial charge in [-0.25, -0.2) is 9.78 Å². The molecule has 0 aliphatic carbocycles. The van der Waals surface area contributed by atoms with E-state index in [4.69, 9.17) is 29.6 Å². The summed E-state index contributed by atoms with van der Waals surface area (Å²) in [4.78, 5) is 15.7. The molecule has 8 heteroatoms. The monoisotopic (exact) mass is 373 g/mol. The summed E-state index contributed by atoms with van der Waals surface area (Å²) in [5.41, 5.74) is -0.764. The van der Waals surface area contributed by atoms with Crippen LogP contribution in [0.15, 0.2) is 24.3 Å². The van der Waals surface area contributed by atoms with Crippen molar-refractivity contribution in [3.63, 3.8) is 0 Å². The minimum atomic E-state index is -4.54. The van der Waals surface area contributed by atoms with E-state index in [0.717, 1.165) is 25.3 Å². The van der Waals surface area contributed by atoms with Gasteiger partial charge in [0.1, 0.15) is 0 Å². The van der Waals surface area contributed by atoms with Crippen LogP contribution in [0.2, 0.25) is 10.0 Å². The Balaban J connectivity index is 2.68. The van der Waals surface area contributed by atoms with Gasteiger partial charge in [-0.05, 0) is 18.2 Å². The molecule has 0 bridgehead atoms. The van der Waals surface area contributed by atoms with Crippen LogP contribution in [0.3, 0.4) is 0 Å². The van der Waals surface area contributed by atoms with Crippen molar-refractivity contribution in [1.29, 1.82) is 0 Å². The fourth-order valence-electron chi connectivity index (χ4n) is 1.93. The van der Waals surface area contributed by atoms with Crippen molar-refractivity contribution in [1.82, 2.24) is 4.98 Å². The molecule has 2 rings (SSSR count). The molecular formula is C16H8Cl2F3NO2. The van der Waals surface area contributed by atoms with Gasteiger partial charge in [0, 0.05) is 5.56 Å². The number of esters is 1. The number of hydrogen-bond donors (Lipinski definition) is 0. The Morgan fingerprint density at radius 1 is 1.25 bits per heavy atom. The molecule has 124 valence electrons. The zero-order valence-corrected chi connectivity index (χ0v) is 13.6. The third-order valence-corrected chi connectivity index (χ3v) is 3.66. The van der Waals surface area contributed by atoms with E-state index in [9.17, 15) is 18.0 Å². The van der Waals surface area contributed by atoms with Crippen molar-refractivity contribution in [2.45, 2.75) is 6.18 Å².